The van der Waals surface area contributed by atoms with E-state index in [-0.39, 0.29) is 12.2 Å². The first-order chi connectivity index (χ1) is 12.6. The Morgan fingerprint density at radius 1 is 1.12 bits per heavy atom. The Balaban J connectivity index is 1.71. The number of hydrogen-bond donors (Lipinski definition) is 3. The maximum Gasteiger partial charge on any atom is 0.231 e. The van der Waals surface area contributed by atoms with Crippen molar-refractivity contribution >= 4 is 11.6 Å². The first-order valence-corrected chi connectivity index (χ1v) is 8.75. The molecule has 1 aliphatic rings. The van der Waals surface area contributed by atoms with Crippen molar-refractivity contribution in [3.05, 3.63) is 54.1 Å². The smallest absolute Gasteiger partial charge is 0.231 e. The van der Waals surface area contributed by atoms with E-state index in [0.29, 0.717) is 13.1 Å². The summed E-state index contributed by atoms with van der Waals surface area (Å²) in [6.45, 7) is 6.38. The van der Waals surface area contributed by atoms with Crippen LogP contribution in [0.1, 0.15) is 19.4 Å². The van der Waals surface area contributed by atoms with Crippen LogP contribution in [0.4, 0.5) is 5.69 Å². The summed E-state index contributed by atoms with van der Waals surface area (Å²) in [6.07, 6.45) is 0. The van der Waals surface area contributed by atoms with E-state index in [2.05, 4.69) is 24.5 Å². The second kappa shape index (κ2) is 8.10. The van der Waals surface area contributed by atoms with Gasteiger partial charge in [-0.2, -0.15) is 0 Å². The number of ether oxygens (including phenoxy) is 2. The third-order valence-electron chi connectivity index (χ3n) is 4.18. The Morgan fingerprint density at radius 3 is 2.65 bits per heavy atom. The fourth-order valence-corrected chi connectivity index (χ4v) is 2.40. The normalized spacial score (nSPS) is 13.6. The van der Waals surface area contributed by atoms with Crippen LogP contribution in [0.3, 0.4) is 0 Å². The summed E-state index contributed by atoms with van der Waals surface area (Å²) in [4.78, 5) is 4.71. The Hall–Kier alpha value is -2.73. The van der Waals surface area contributed by atoms with E-state index in [1.807, 2.05) is 48.5 Å². The lowest BCUT2D eigenvalue weighted by Crippen LogP contribution is -2.41. The molecule has 0 fully saturated rings. The number of hydrogen-bond acceptors (Lipinski definition) is 4. The third-order valence-corrected chi connectivity index (χ3v) is 4.18. The standard InChI is InChI=1S/C20H26N4O2/c1-20(2,12-21)13-23-19(24-16-6-4-3-5-7-16)22-11-15-8-9-17-18(10-15)26-14-25-17/h3-10H,11-14,21H2,1-2H3,(H2,22,23,24). The van der Waals surface area contributed by atoms with Crippen LogP contribution in [0.2, 0.25) is 0 Å². The Morgan fingerprint density at radius 2 is 1.88 bits per heavy atom. The molecular weight excluding hydrogens is 328 g/mol. The van der Waals surface area contributed by atoms with Gasteiger partial charge in [0.2, 0.25) is 6.79 Å². The Kier molecular flexibility index (Phi) is 5.63. The summed E-state index contributed by atoms with van der Waals surface area (Å²) < 4.78 is 10.8. The van der Waals surface area contributed by atoms with Crippen molar-refractivity contribution in [2.45, 2.75) is 20.4 Å². The summed E-state index contributed by atoms with van der Waals surface area (Å²) in [5.41, 5.74) is 7.86. The number of rotatable bonds is 6. The predicted molar refractivity (Wildman–Crippen MR) is 105 cm³/mol. The van der Waals surface area contributed by atoms with Crippen LogP contribution < -0.4 is 25.8 Å². The summed E-state index contributed by atoms with van der Waals surface area (Å²) >= 11 is 0. The number of benzene rings is 2. The van der Waals surface area contributed by atoms with Crippen molar-refractivity contribution in [2.24, 2.45) is 16.1 Å². The largest absolute Gasteiger partial charge is 0.454 e. The topological polar surface area (TPSA) is 80.9 Å². The molecule has 0 saturated heterocycles. The van der Waals surface area contributed by atoms with Crippen LogP contribution >= 0.6 is 0 Å². The van der Waals surface area contributed by atoms with Gasteiger partial charge < -0.3 is 25.8 Å². The summed E-state index contributed by atoms with van der Waals surface area (Å²) in [5.74, 6) is 2.27. The van der Waals surface area contributed by atoms with Crippen molar-refractivity contribution < 1.29 is 9.47 Å². The van der Waals surface area contributed by atoms with Gasteiger partial charge in [0.25, 0.3) is 0 Å². The van der Waals surface area contributed by atoms with Gasteiger partial charge in [-0.1, -0.05) is 38.1 Å². The highest BCUT2D eigenvalue weighted by Crippen LogP contribution is 2.32. The molecule has 6 nitrogen and oxygen atoms in total. The summed E-state index contributed by atoms with van der Waals surface area (Å²) in [7, 11) is 0. The molecule has 3 rings (SSSR count). The molecule has 138 valence electrons. The van der Waals surface area contributed by atoms with Crippen molar-refractivity contribution in [3.8, 4) is 11.5 Å². The van der Waals surface area contributed by atoms with Gasteiger partial charge in [0.05, 0.1) is 6.54 Å². The van der Waals surface area contributed by atoms with Crippen LogP contribution in [-0.2, 0) is 6.54 Å². The Bertz CT molecular complexity index is 760. The molecule has 0 aromatic heterocycles. The molecule has 0 radical (unpaired) electrons. The SMILES string of the molecule is CC(C)(CN)CNC(=NCc1ccc2c(c1)OCO2)Nc1ccccc1. The van der Waals surface area contributed by atoms with E-state index in [1.165, 1.54) is 0 Å². The molecule has 0 spiro atoms. The highest BCUT2D eigenvalue weighted by atomic mass is 16.7. The highest BCUT2D eigenvalue weighted by Gasteiger charge is 2.16. The lowest BCUT2D eigenvalue weighted by Gasteiger charge is -2.24. The molecule has 1 heterocycles. The molecule has 0 amide bonds. The lowest BCUT2D eigenvalue weighted by atomic mass is 9.94. The van der Waals surface area contributed by atoms with E-state index < -0.39 is 0 Å². The van der Waals surface area contributed by atoms with Gasteiger partial charge in [0.15, 0.2) is 17.5 Å². The maximum atomic E-state index is 5.84. The number of nitrogens with one attached hydrogen (secondary N) is 2. The zero-order chi connectivity index (χ0) is 18.4. The number of para-hydroxylation sites is 1. The molecule has 1 aliphatic heterocycles. The minimum Gasteiger partial charge on any atom is -0.454 e. The molecule has 0 unspecified atom stereocenters. The van der Waals surface area contributed by atoms with Gasteiger partial charge in [0, 0.05) is 12.2 Å². The average Bonchev–Trinajstić information content (AvgIpc) is 3.12. The second-order valence-electron chi connectivity index (χ2n) is 7.07. The molecule has 26 heavy (non-hydrogen) atoms. The molecule has 2 aromatic rings. The van der Waals surface area contributed by atoms with Gasteiger partial charge in [-0.3, -0.25) is 0 Å². The van der Waals surface area contributed by atoms with Crippen molar-refractivity contribution in [1.82, 2.24) is 5.32 Å². The highest BCUT2D eigenvalue weighted by molar-refractivity contribution is 5.93. The van der Waals surface area contributed by atoms with Crippen LogP contribution in [0.15, 0.2) is 53.5 Å². The number of nitrogens with zero attached hydrogens (tertiary/aromatic N) is 1. The number of fused-ring (bicyclic) bond motifs is 1. The minimum absolute atomic E-state index is 0.0160. The molecule has 0 bridgehead atoms. The fraction of sp³-hybridized carbons (Fsp3) is 0.350. The number of nitrogens with two attached hydrogens (primary N) is 1. The van der Waals surface area contributed by atoms with Crippen molar-refractivity contribution in [3.63, 3.8) is 0 Å². The number of anilines is 1. The maximum absolute atomic E-state index is 5.84. The fourth-order valence-electron chi connectivity index (χ4n) is 2.40. The number of aliphatic imine (C=N–C) groups is 1. The van der Waals surface area contributed by atoms with Crippen LogP contribution in [0.5, 0.6) is 11.5 Å². The quantitative estimate of drug-likeness (QED) is 0.549. The van der Waals surface area contributed by atoms with E-state index >= 15 is 0 Å². The first kappa shape index (κ1) is 18.1. The van der Waals surface area contributed by atoms with Crippen LogP contribution in [-0.4, -0.2) is 25.8 Å². The molecule has 2 aromatic carbocycles. The van der Waals surface area contributed by atoms with Crippen LogP contribution in [0, 0.1) is 5.41 Å². The monoisotopic (exact) mass is 354 g/mol. The van der Waals surface area contributed by atoms with E-state index in [1.54, 1.807) is 0 Å². The third kappa shape index (κ3) is 4.89. The predicted octanol–water partition coefficient (Wildman–Crippen LogP) is 2.96. The molecule has 0 saturated carbocycles. The summed E-state index contributed by atoms with van der Waals surface area (Å²) in [6, 6.07) is 15.9. The summed E-state index contributed by atoms with van der Waals surface area (Å²) in [5, 5.41) is 6.73. The first-order valence-electron chi connectivity index (χ1n) is 8.75. The minimum atomic E-state index is -0.0160. The Labute approximate surface area is 154 Å². The van der Waals surface area contributed by atoms with Gasteiger partial charge in [-0.15, -0.1) is 0 Å². The average molecular weight is 354 g/mol. The van der Waals surface area contributed by atoms with Crippen LogP contribution in [0.25, 0.3) is 0 Å². The van der Waals surface area contributed by atoms with E-state index in [4.69, 9.17) is 20.2 Å². The van der Waals surface area contributed by atoms with Crippen molar-refractivity contribution in [2.75, 3.05) is 25.2 Å². The number of guanidine groups is 1. The van der Waals surface area contributed by atoms with Gasteiger partial charge in [-0.05, 0) is 41.8 Å². The van der Waals surface area contributed by atoms with Crippen molar-refractivity contribution in [1.29, 1.82) is 0 Å². The zero-order valence-electron chi connectivity index (χ0n) is 15.3. The molecule has 0 aliphatic carbocycles. The lowest BCUT2D eigenvalue weighted by molar-refractivity contribution is 0.174. The van der Waals surface area contributed by atoms with E-state index in [0.717, 1.165) is 35.3 Å². The van der Waals surface area contributed by atoms with Gasteiger partial charge >= 0.3 is 0 Å². The molecule has 6 heteroatoms. The molecule has 4 N–H and O–H groups in total. The molecule has 0 atom stereocenters. The molecular formula is C20H26N4O2. The van der Waals surface area contributed by atoms with Gasteiger partial charge in [-0.25, -0.2) is 4.99 Å². The second-order valence-corrected chi connectivity index (χ2v) is 7.07. The van der Waals surface area contributed by atoms with E-state index in [9.17, 15) is 0 Å². The van der Waals surface area contributed by atoms with Gasteiger partial charge in [0.1, 0.15) is 0 Å². The zero-order valence-corrected chi connectivity index (χ0v) is 15.3.